The van der Waals surface area contributed by atoms with Gasteiger partial charge < -0.3 is 10.2 Å². The first-order valence-electron chi connectivity index (χ1n) is 8.70. The summed E-state index contributed by atoms with van der Waals surface area (Å²) in [6.45, 7) is 9.52. The Morgan fingerprint density at radius 1 is 1.19 bits per heavy atom. The number of carbonyl (C=O) groups excluding carboxylic acids is 1. The summed E-state index contributed by atoms with van der Waals surface area (Å²) in [5.74, 6) is -0.146. The lowest BCUT2D eigenvalue weighted by Crippen LogP contribution is -2.56. The van der Waals surface area contributed by atoms with Crippen LogP contribution < -0.4 is 5.32 Å². The highest BCUT2D eigenvalue weighted by molar-refractivity contribution is 5.85. The van der Waals surface area contributed by atoms with Crippen molar-refractivity contribution in [3.05, 3.63) is 47.0 Å². The molecule has 1 N–H and O–H groups in total. The number of aryl methyl sites for hydroxylation is 1. The molecule has 26 heavy (non-hydrogen) atoms. The highest BCUT2D eigenvalue weighted by atomic mass is 35.5. The summed E-state index contributed by atoms with van der Waals surface area (Å²) < 4.78 is 14.9. The lowest BCUT2D eigenvalue weighted by molar-refractivity contribution is -0.132. The van der Waals surface area contributed by atoms with Crippen molar-refractivity contribution in [3.8, 4) is 5.69 Å². The second-order valence-corrected chi connectivity index (χ2v) is 6.98. The molecule has 1 fully saturated rings. The van der Waals surface area contributed by atoms with Crippen LogP contribution >= 0.6 is 12.4 Å². The van der Waals surface area contributed by atoms with Gasteiger partial charge in [0, 0.05) is 36.4 Å². The Kier molecular flexibility index (Phi) is 6.42. The van der Waals surface area contributed by atoms with Gasteiger partial charge in [0.05, 0.1) is 17.8 Å². The number of aromatic nitrogens is 2. The fourth-order valence-electron chi connectivity index (χ4n) is 3.56. The minimum absolute atomic E-state index is 0. The Bertz CT molecular complexity index is 765. The molecule has 1 aliphatic rings. The molecule has 2 aromatic rings. The van der Waals surface area contributed by atoms with Crippen LogP contribution in [-0.2, 0) is 11.2 Å². The van der Waals surface area contributed by atoms with Crippen LogP contribution in [0.2, 0.25) is 0 Å². The van der Waals surface area contributed by atoms with Crippen molar-refractivity contribution in [2.75, 3.05) is 13.1 Å². The fourth-order valence-corrected chi connectivity index (χ4v) is 3.56. The molecular formula is C19H26ClFN4O. The number of amides is 1. The first kappa shape index (κ1) is 20.4. The molecule has 7 heteroatoms. The van der Waals surface area contributed by atoms with Crippen molar-refractivity contribution < 1.29 is 9.18 Å². The molecule has 2 heterocycles. The van der Waals surface area contributed by atoms with Crippen LogP contribution in [0, 0.1) is 19.7 Å². The third-order valence-corrected chi connectivity index (χ3v) is 4.75. The molecule has 1 aromatic heterocycles. The Balaban J connectivity index is 0.00000243. The van der Waals surface area contributed by atoms with E-state index in [0.717, 1.165) is 35.7 Å². The maximum absolute atomic E-state index is 13.1. The van der Waals surface area contributed by atoms with Gasteiger partial charge in [0.15, 0.2) is 0 Å². The third kappa shape index (κ3) is 4.24. The second-order valence-electron chi connectivity index (χ2n) is 6.98. The zero-order valence-electron chi connectivity index (χ0n) is 15.6. The summed E-state index contributed by atoms with van der Waals surface area (Å²) >= 11 is 0. The van der Waals surface area contributed by atoms with Gasteiger partial charge in [-0.2, -0.15) is 5.10 Å². The molecule has 2 unspecified atom stereocenters. The molecule has 1 aliphatic heterocycles. The van der Waals surface area contributed by atoms with Gasteiger partial charge >= 0.3 is 0 Å². The van der Waals surface area contributed by atoms with E-state index in [9.17, 15) is 9.18 Å². The number of nitrogens with zero attached hydrogens (tertiary/aromatic N) is 3. The SMILES string of the molecule is Cc1nn(-c2ccc(F)cc2)c(C)c1CC(=O)N1CC(C)NC(C)C1.Cl. The summed E-state index contributed by atoms with van der Waals surface area (Å²) in [5.41, 5.74) is 3.51. The van der Waals surface area contributed by atoms with E-state index in [1.165, 1.54) is 12.1 Å². The topological polar surface area (TPSA) is 50.2 Å². The molecule has 1 amide bonds. The molecule has 0 spiro atoms. The second kappa shape index (κ2) is 8.18. The zero-order chi connectivity index (χ0) is 18.1. The van der Waals surface area contributed by atoms with E-state index >= 15 is 0 Å². The summed E-state index contributed by atoms with van der Waals surface area (Å²) in [7, 11) is 0. The van der Waals surface area contributed by atoms with E-state index in [1.54, 1.807) is 16.8 Å². The molecule has 0 saturated carbocycles. The fraction of sp³-hybridized carbons (Fsp3) is 0.474. The van der Waals surface area contributed by atoms with Crippen molar-refractivity contribution in [3.63, 3.8) is 0 Å². The van der Waals surface area contributed by atoms with Crippen LogP contribution in [0.15, 0.2) is 24.3 Å². The maximum atomic E-state index is 13.1. The lowest BCUT2D eigenvalue weighted by Gasteiger charge is -2.36. The summed E-state index contributed by atoms with van der Waals surface area (Å²) in [4.78, 5) is 14.7. The van der Waals surface area contributed by atoms with Gasteiger partial charge in [-0.3, -0.25) is 4.79 Å². The van der Waals surface area contributed by atoms with E-state index in [4.69, 9.17) is 0 Å². The normalized spacial score (nSPS) is 20.0. The Morgan fingerprint density at radius 3 is 2.35 bits per heavy atom. The van der Waals surface area contributed by atoms with Crippen LogP contribution in [0.25, 0.3) is 5.69 Å². The first-order valence-corrected chi connectivity index (χ1v) is 8.70. The minimum Gasteiger partial charge on any atom is -0.339 e. The van der Waals surface area contributed by atoms with Gasteiger partial charge in [-0.05, 0) is 52.0 Å². The number of nitrogens with one attached hydrogen (secondary N) is 1. The van der Waals surface area contributed by atoms with Crippen molar-refractivity contribution in [1.29, 1.82) is 0 Å². The molecule has 3 rings (SSSR count). The van der Waals surface area contributed by atoms with Crippen molar-refractivity contribution in [1.82, 2.24) is 20.0 Å². The van der Waals surface area contributed by atoms with Gasteiger partial charge in [-0.25, -0.2) is 9.07 Å². The monoisotopic (exact) mass is 380 g/mol. The molecule has 5 nitrogen and oxygen atoms in total. The zero-order valence-corrected chi connectivity index (χ0v) is 16.4. The standard InChI is InChI=1S/C19H25FN4O.ClH/c1-12-10-23(11-13(2)21-12)19(25)9-18-14(3)22-24(15(18)4)17-7-5-16(20)6-8-17;/h5-8,12-13,21H,9-11H2,1-4H3;1H. The van der Waals surface area contributed by atoms with Crippen LogP contribution in [0.5, 0.6) is 0 Å². The molecule has 0 aliphatic carbocycles. The molecule has 142 valence electrons. The van der Waals surface area contributed by atoms with Crippen LogP contribution in [0.1, 0.15) is 30.8 Å². The van der Waals surface area contributed by atoms with Gasteiger partial charge in [0.1, 0.15) is 5.82 Å². The highest BCUT2D eigenvalue weighted by Crippen LogP contribution is 2.20. The van der Waals surface area contributed by atoms with Crippen molar-refractivity contribution in [2.24, 2.45) is 0 Å². The van der Waals surface area contributed by atoms with Gasteiger partial charge in [0.2, 0.25) is 5.91 Å². The van der Waals surface area contributed by atoms with Crippen LogP contribution in [-0.4, -0.2) is 45.8 Å². The van der Waals surface area contributed by atoms with E-state index < -0.39 is 0 Å². The minimum atomic E-state index is -0.275. The smallest absolute Gasteiger partial charge is 0.227 e. The van der Waals surface area contributed by atoms with Gasteiger partial charge in [-0.1, -0.05) is 0 Å². The van der Waals surface area contributed by atoms with Crippen LogP contribution in [0.3, 0.4) is 0 Å². The number of rotatable bonds is 3. The summed E-state index contributed by atoms with van der Waals surface area (Å²) in [6, 6.07) is 6.83. The number of hydrogen-bond donors (Lipinski definition) is 1. The average molecular weight is 381 g/mol. The quantitative estimate of drug-likeness (QED) is 0.890. The molecule has 1 saturated heterocycles. The lowest BCUT2D eigenvalue weighted by atomic mass is 10.1. The third-order valence-electron chi connectivity index (χ3n) is 4.75. The maximum Gasteiger partial charge on any atom is 0.227 e. The molecule has 1 aromatic carbocycles. The Labute approximate surface area is 160 Å². The molecule has 0 bridgehead atoms. The summed E-state index contributed by atoms with van der Waals surface area (Å²) in [6.07, 6.45) is 0.346. The number of hydrogen-bond acceptors (Lipinski definition) is 3. The van der Waals surface area contributed by atoms with E-state index in [-0.39, 0.29) is 24.1 Å². The van der Waals surface area contributed by atoms with Crippen molar-refractivity contribution in [2.45, 2.75) is 46.2 Å². The predicted octanol–water partition coefficient (Wildman–Crippen LogP) is 2.80. The summed E-state index contributed by atoms with van der Waals surface area (Å²) in [5, 5.41) is 7.99. The van der Waals surface area contributed by atoms with E-state index in [0.29, 0.717) is 18.5 Å². The average Bonchev–Trinajstić information content (AvgIpc) is 2.83. The molecular weight excluding hydrogens is 355 g/mol. The first-order chi connectivity index (χ1) is 11.8. The predicted molar refractivity (Wildman–Crippen MR) is 103 cm³/mol. The number of benzene rings is 1. The largest absolute Gasteiger partial charge is 0.339 e. The van der Waals surface area contributed by atoms with Gasteiger partial charge in [-0.15, -0.1) is 12.4 Å². The number of piperazine rings is 1. The van der Waals surface area contributed by atoms with E-state index in [2.05, 4.69) is 24.3 Å². The molecule has 2 atom stereocenters. The van der Waals surface area contributed by atoms with E-state index in [1.807, 2.05) is 18.7 Å². The Hall–Kier alpha value is -1.92. The highest BCUT2D eigenvalue weighted by Gasteiger charge is 2.26. The van der Waals surface area contributed by atoms with Crippen molar-refractivity contribution >= 4 is 18.3 Å². The van der Waals surface area contributed by atoms with Gasteiger partial charge in [0.25, 0.3) is 0 Å². The number of halogens is 2. The van der Waals surface area contributed by atoms with Crippen LogP contribution in [0.4, 0.5) is 4.39 Å². The Morgan fingerprint density at radius 2 is 1.77 bits per heavy atom. The number of carbonyl (C=O) groups is 1. The molecule has 0 radical (unpaired) electrons.